The molecule has 0 aromatic carbocycles. The highest BCUT2D eigenvalue weighted by atomic mass is 79.9. The number of carbonyl (C=O) groups is 1. The Balaban J connectivity index is 1.27. The van der Waals surface area contributed by atoms with Gasteiger partial charge in [0.15, 0.2) is 5.69 Å². The Labute approximate surface area is 170 Å². The minimum atomic E-state index is -4.49. The minimum Gasteiger partial charge on any atom is -0.351 e. The van der Waals surface area contributed by atoms with E-state index in [2.05, 4.69) is 26.3 Å². The van der Waals surface area contributed by atoms with Gasteiger partial charge in [-0.2, -0.15) is 18.3 Å². The van der Waals surface area contributed by atoms with Crippen molar-refractivity contribution in [3.05, 3.63) is 15.9 Å². The van der Waals surface area contributed by atoms with Crippen LogP contribution in [0, 0.1) is 17.8 Å². The molecule has 0 aliphatic heterocycles. The zero-order valence-corrected chi connectivity index (χ0v) is 17.3. The highest BCUT2D eigenvalue weighted by Gasteiger charge is 2.51. The third-order valence-corrected chi connectivity index (χ3v) is 7.94. The second kappa shape index (κ2) is 6.47. The molecule has 1 heterocycles. The molecular formula is C20H25BrF3N3O. The van der Waals surface area contributed by atoms with Crippen LogP contribution < -0.4 is 5.32 Å². The summed E-state index contributed by atoms with van der Waals surface area (Å²) in [7, 11) is 0. The first-order valence-corrected chi connectivity index (χ1v) is 11.2. The zero-order chi connectivity index (χ0) is 19.7. The van der Waals surface area contributed by atoms with Crippen LogP contribution >= 0.6 is 15.9 Å². The van der Waals surface area contributed by atoms with Gasteiger partial charge in [-0.25, -0.2) is 0 Å². The minimum absolute atomic E-state index is 0.0454. The predicted molar refractivity (Wildman–Crippen MR) is 101 cm³/mol. The number of aromatic nitrogens is 2. The smallest absolute Gasteiger partial charge is 0.351 e. The fraction of sp³-hybridized carbons (Fsp3) is 0.800. The summed E-state index contributed by atoms with van der Waals surface area (Å²) in [5, 5.41) is 7.10. The van der Waals surface area contributed by atoms with Crippen LogP contribution in [0.2, 0.25) is 0 Å². The van der Waals surface area contributed by atoms with E-state index in [0.717, 1.165) is 49.9 Å². The van der Waals surface area contributed by atoms with Crippen molar-refractivity contribution in [2.24, 2.45) is 17.8 Å². The van der Waals surface area contributed by atoms with E-state index in [-0.39, 0.29) is 34.8 Å². The predicted octanol–water partition coefficient (Wildman–Crippen LogP) is 5.02. The van der Waals surface area contributed by atoms with Crippen molar-refractivity contribution in [1.29, 1.82) is 0 Å². The van der Waals surface area contributed by atoms with Crippen molar-refractivity contribution < 1.29 is 18.0 Å². The normalized spacial score (nSPS) is 34.1. The highest BCUT2D eigenvalue weighted by molar-refractivity contribution is 9.10. The van der Waals surface area contributed by atoms with E-state index in [9.17, 15) is 18.0 Å². The summed E-state index contributed by atoms with van der Waals surface area (Å²) in [4.78, 5) is 12.7. The van der Waals surface area contributed by atoms with E-state index in [1.54, 1.807) is 0 Å². The van der Waals surface area contributed by atoms with Crippen molar-refractivity contribution >= 4 is 21.8 Å². The van der Waals surface area contributed by atoms with Crippen LogP contribution in [0.4, 0.5) is 13.2 Å². The Morgan fingerprint density at radius 3 is 2.21 bits per heavy atom. The third-order valence-electron chi connectivity index (χ3n) is 7.16. The largest absolute Gasteiger partial charge is 0.436 e. The van der Waals surface area contributed by atoms with Crippen LogP contribution in [-0.2, 0) is 17.5 Å². The number of hydrogen-bond acceptors (Lipinski definition) is 2. The number of nitrogens with one attached hydrogen (secondary N) is 1. The standard InChI is InChI=1S/C20H25BrF3N3O/c21-16-17(14-1-2-14)27(26-18(16)20(22,23)24)4-3-15(28)25-19-8-11-5-12(9-19)7-13(6-11)10-19/h11-14H,1-10H2,(H,25,28). The summed E-state index contributed by atoms with van der Waals surface area (Å²) in [5.41, 5.74) is -0.349. The van der Waals surface area contributed by atoms with Gasteiger partial charge in [-0.15, -0.1) is 0 Å². The molecule has 0 atom stereocenters. The van der Waals surface area contributed by atoms with Crippen LogP contribution in [0.15, 0.2) is 4.47 Å². The molecule has 0 saturated heterocycles. The molecule has 28 heavy (non-hydrogen) atoms. The molecule has 5 saturated carbocycles. The molecular weight excluding hydrogens is 435 g/mol. The molecule has 1 aromatic rings. The Hall–Kier alpha value is -1.05. The monoisotopic (exact) mass is 459 g/mol. The first-order chi connectivity index (χ1) is 13.2. The summed E-state index contributed by atoms with van der Waals surface area (Å²) in [5.74, 6) is 2.28. The van der Waals surface area contributed by atoms with Gasteiger partial charge in [0, 0.05) is 17.9 Å². The van der Waals surface area contributed by atoms with Crippen molar-refractivity contribution in [3.8, 4) is 0 Å². The van der Waals surface area contributed by atoms with E-state index in [1.807, 2.05) is 0 Å². The molecule has 154 valence electrons. The summed E-state index contributed by atoms with van der Waals surface area (Å²) in [6, 6.07) is 0. The first kappa shape index (κ1) is 18.9. The van der Waals surface area contributed by atoms with Crippen LogP contribution in [0.25, 0.3) is 0 Å². The van der Waals surface area contributed by atoms with Gasteiger partial charge in [-0.3, -0.25) is 9.48 Å². The van der Waals surface area contributed by atoms with E-state index in [4.69, 9.17) is 0 Å². The Morgan fingerprint density at radius 1 is 1.14 bits per heavy atom. The van der Waals surface area contributed by atoms with E-state index < -0.39 is 11.9 Å². The second-order valence-electron chi connectivity index (χ2n) is 9.54. The Bertz CT molecular complexity index is 764. The molecule has 1 N–H and O–H groups in total. The van der Waals surface area contributed by atoms with Crippen LogP contribution in [0.3, 0.4) is 0 Å². The van der Waals surface area contributed by atoms with E-state index in [1.165, 1.54) is 23.9 Å². The lowest BCUT2D eigenvalue weighted by molar-refractivity contribution is -0.142. The first-order valence-electron chi connectivity index (χ1n) is 10.4. The van der Waals surface area contributed by atoms with Gasteiger partial charge in [0.2, 0.25) is 5.91 Å². The number of nitrogens with zero attached hydrogens (tertiary/aromatic N) is 2. The average Bonchev–Trinajstić information content (AvgIpc) is 3.33. The Kier molecular flexibility index (Phi) is 4.38. The molecule has 0 unspecified atom stereocenters. The summed E-state index contributed by atoms with van der Waals surface area (Å²) >= 11 is 3.11. The maximum absolute atomic E-state index is 13.2. The van der Waals surface area contributed by atoms with Crippen LogP contribution in [0.5, 0.6) is 0 Å². The maximum atomic E-state index is 13.2. The highest BCUT2D eigenvalue weighted by Crippen LogP contribution is 2.55. The topological polar surface area (TPSA) is 46.9 Å². The lowest BCUT2D eigenvalue weighted by Gasteiger charge is -2.56. The van der Waals surface area contributed by atoms with Crippen LogP contribution in [0.1, 0.15) is 75.1 Å². The number of amides is 1. The number of hydrogen-bond donors (Lipinski definition) is 1. The van der Waals surface area contributed by atoms with Gasteiger partial charge in [-0.1, -0.05) is 0 Å². The van der Waals surface area contributed by atoms with E-state index >= 15 is 0 Å². The lowest BCUT2D eigenvalue weighted by Crippen LogP contribution is -2.59. The van der Waals surface area contributed by atoms with Gasteiger partial charge >= 0.3 is 6.18 Å². The molecule has 6 rings (SSSR count). The van der Waals surface area contributed by atoms with Crippen molar-refractivity contribution in [3.63, 3.8) is 0 Å². The average molecular weight is 460 g/mol. The molecule has 1 amide bonds. The summed E-state index contributed by atoms with van der Waals surface area (Å²) in [6.07, 6.45) is 4.57. The van der Waals surface area contributed by atoms with Crippen molar-refractivity contribution in [1.82, 2.24) is 15.1 Å². The zero-order valence-electron chi connectivity index (χ0n) is 15.7. The number of aryl methyl sites for hydroxylation is 1. The molecule has 0 spiro atoms. The molecule has 5 aliphatic rings. The fourth-order valence-electron chi connectivity index (χ4n) is 6.38. The van der Waals surface area contributed by atoms with Gasteiger partial charge in [-0.05, 0) is 85.1 Å². The molecule has 0 radical (unpaired) electrons. The third kappa shape index (κ3) is 3.39. The SMILES string of the molecule is O=C(CCn1nc(C(F)(F)F)c(Br)c1C1CC1)NC12CC3CC(CC(C3)C1)C2. The van der Waals surface area contributed by atoms with E-state index in [0.29, 0.717) is 5.69 Å². The van der Waals surface area contributed by atoms with Crippen molar-refractivity contribution in [2.45, 2.75) is 82.0 Å². The van der Waals surface area contributed by atoms with Crippen LogP contribution in [-0.4, -0.2) is 21.2 Å². The molecule has 5 fully saturated rings. The number of carbonyl (C=O) groups excluding carboxylic acids is 1. The number of rotatable bonds is 5. The second-order valence-corrected chi connectivity index (χ2v) is 10.3. The van der Waals surface area contributed by atoms with Gasteiger partial charge in [0.05, 0.1) is 16.7 Å². The summed E-state index contributed by atoms with van der Waals surface area (Å²) in [6.45, 7) is 0.193. The maximum Gasteiger partial charge on any atom is 0.436 e. The molecule has 4 bridgehead atoms. The van der Waals surface area contributed by atoms with Gasteiger partial charge < -0.3 is 5.32 Å². The van der Waals surface area contributed by atoms with Gasteiger partial charge in [0.1, 0.15) is 0 Å². The van der Waals surface area contributed by atoms with Crippen molar-refractivity contribution in [2.75, 3.05) is 0 Å². The lowest BCUT2D eigenvalue weighted by atomic mass is 9.53. The Morgan fingerprint density at radius 2 is 1.71 bits per heavy atom. The van der Waals surface area contributed by atoms with Gasteiger partial charge in [0.25, 0.3) is 0 Å². The summed E-state index contributed by atoms with van der Waals surface area (Å²) < 4.78 is 41.1. The number of alkyl halides is 3. The molecule has 1 aromatic heterocycles. The molecule has 5 aliphatic carbocycles. The quantitative estimate of drug-likeness (QED) is 0.671. The molecule has 8 heteroatoms. The molecule has 4 nitrogen and oxygen atoms in total. The fourth-order valence-corrected chi connectivity index (χ4v) is 7.21. The number of halogens is 4.